The van der Waals surface area contributed by atoms with E-state index in [-0.39, 0.29) is 30.4 Å². The number of rotatable bonds is 9. The van der Waals surface area contributed by atoms with Crippen LogP contribution in [0.2, 0.25) is 0 Å². The molecule has 0 saturated heterocycles. The monoisotopic (exact) mass is 585 g/mol. The van der Waals surface area contributed by atoms with Gasteiger partial charge in [-0.25, -0.2) is 0 Å². The Labute approximate surface area is 238 Å². The highest BCUT2D eigenvalue weighted by molar-refractivity contribution is 9.10. The number of carboxylic acid groups (broad SMARTS) is 1. The fourth-order valence-electron chi connectivity index (χ4n) is 4.19. The lowest BCUT2D eigenvalue weighted by Gasteiger charge is -2.21. The highest BCUT2D eigenvalue weighted by Crippen LogP contribution is 2.32. The van der Waals surface area contributed by atoms with Crippen LogP contribution in [0, 0.1) is 0 Å². The fraction of sp³-hybridized carbons (Fsp3) is 0.212. The van der Waals surface area contributed by atoms with Crippen molar-refractivity contribution < 1.29 is 19.4 Å². The number of benzene rings is 4. The van der Waals surface area contributed by atoms with E-state index < -0.39 is 5.97 Å². The molecule has 0 aromatic heterocycles. The third-order valence-corrected chi connectivity index (χ3v) is 6.99. The second-order valence-corrected chi connectivity index (χ2v) is 11.3. The minimum atomic E-state index is -0.952. The molecule has 1 atom stereocenters. The van der Waals surface area contributed by atoms with Crippen molar-refractivity contribution in [1.82, 2.24) is 5.32 Å². The van der Waals surface area contributed by atoms with Gasteiger partial charge in [0.2, 0.25) is 0 Å². The molecule has 0 aliphatic heterocycles. The number of carbonyl (C=O) groups excluding carboxylic acids is 1. The van der Waals surface area contributed by atoms with E-state index in [0.717, 1.165) is 32.5 Å². The molecular formula is C33H32BrNO4. The molecule has 0 bridgehead atoms. The van der Waals surface area contributed by atoms with E-state index in [1.807, 2.05) is 48.5 Å². The highest BCUT2D eigenvalue weighted by atomic mass is 79.9. The van der Waals surface area contributed by atoms with Crippen LogP contribution in [0.5, 0.6) is 5.75 Å². The highest BCUT2D eigenvalue weighted by Gasteiger charge is 2.18. The van der Waals surface area contributed by atoms with Gasteiger partial charge in [0.05, 0.1) is 6.42 Å². The SMILES string of the molecule is CC(C)(C)c1ccc(-c2ccc(OC(c3ccc(Br)cc3)c3ccc(C(=O)NCCC(=O)O)cc3)cc2)cc1. The lowest BCUT2D eigenvalue weighted by Crippen LogP contribution is -2.26. The van der Waals surface area contributed by atoms with Crippen LogP contribution in [0.1, 0.15) is 60.3 Å². The molecule has 4 aromatic rings. The van der Waals surface area contributed by atoms with Gasteiger partial charge in [0.25, 0.3) is 5.91 Å². The van der Waals surface area contributed by atoms with Crippen LogP contribution in [-0.2, 0) is 10.2 Å². The number of halogens is 1. The van der Waals surface area contributed by atoms with Crippen molar-refractivity contribution >= 4 is 27.8 Å². The van der Waals surface area contributed by atoms with Gasteiger partial charge in [-0.15, -0.1) is 0 Å². The van der Waals surface area contributed by atoms with Crippen LogP contribution in [0.3, 0.4) is 0 Å². The summed E-state index contributed by atoms with van der Waals surface area (Å²) < 4.78 is 7.46. The summed E-state index contributed by atoms with van der Waals surface area (Å²) in [6.45, 7) is 6.71. The summed E-state index contributed by atoms with van der Waals surface area (Å²) in [5.41, 5.74) is 5.99. The molecule has 0 fully saturated rings. The van der Waals surface area contributed by atoms with E-state index in [2.05, 4.69) is 78.4 Å². The van der Waals surface area contributed by atoms with Gasteiger partial charge in [-0.05, 0) is 69.6 Å². The zero-order chi connectivity index (χ0) is 28.0. The molecule has 0 aliphatic carbocycles. The quantitative estimate of drug-likeness (QED) is 0.210. The molecule has 1 amide bonds. The molecule has 0 spiro atoms. The summed E-state index contributed by atoms with van der Waals surface area (Å²) in [5, 5.41) is 11.4. The Bertz CT molecular complexity index is 1410. The van der Waals surface area contributed by atoms with E-state index >= 15 is 0 Å². The van der Waals surface area contributed by atoms with Gasteiger partial charge in [0, 0.05) is 16.6 Å². The molecule has 200 valence electrons. The lowest BCUT2D eigenvalue weighted by molar-refractivity contribution is -0.136. The smallest absolute Gasteiger partial charge is 0.305 e. The van der Waals surface area contributed by atoms with E-state index in [1.165, 1.54) is 5.56 Å². The number of amides is 1. The number of aliphatic carboxylic acids is 1. The van der Waals surface area contributed by atoms with E-state index in [9.17, 15) is 9.59 Å². The Morgan fingerprint density at radius 1 is 0.795 bits per heavy atom. The normalized spacial score (nSPS) is 12.0. The largest absolute Gasteiger partial charge is 0.481 e. The topological polar surface area (TPSA) is 75.6 Å². The molecule has 4 aromatic carbocycles. The summed E-state index contributed by atoms with van der Waals surface area (Å²) in [4.78, 5) is 23.1. The van der Waals surface area contributed by atoms with Crippen molar-refractivity contribution in [3.05, 3.63) is 124 Å². The molecule has 6 heteroatoms. The average Bonchev–Trinajstić information content (AvgIpc) is 2.92. The minimum absolute atomic E-state index is 0.0806. The third kappa shape index (κ3) is 7.58. The first kappa shape index (κ1) is 28.1. The third-order valence-electron chi connectivity index (χ3n) is 6.47. The van der Waals surface area contributed by atoms with Gasteiger partial charge in [-0.1, -0.05) is 97.4 Å². The molecule has 39 heavy (non-hydrogen) atoms. The van der Waals surface area contributed by atoms with Crippen molar-refractivity contribution in [3.63, 3.8) is 0 Å². The van der Waals surface area contributed by atoms with E-state index in [1.54, 1.807) is 12.1 Å². The summed E-state index contributed by atoms with van der Waals surface area (Å²) in [5.74, 6) is -0.532. The average molecular weight is 587 g/mol. The standard InChI is InChI=1S/C33H32BrNO4/c1-33(2,3)27-14-8-22(9-15-27)23-12-18-29(19-13-23)39-31(25-10-16-28(34)17-11-25)24-4-6-26(7-5-24)32(38)35-21-20-30(36)37/h4-19,31H,20-21H2,1-3H3,(H,35,38)(H,36,37). The van der Waals surface area contributed by atoms with E-state index in [4.69, 9.17) is 9.84 Å². The van der Waals surface area contributed by atoms with Crippen LogP contribution in [-0.4, -0.2) is 23.5 Å². The number of hydrogen-bond donors (Lipinski definition) is 2. The molecule has 2 N–H and O–H groups in total. The van der Waals surface area contributed by atoms with Crippen molar-refractivity contribution in [2.24, 2.45) is 0 Å². The first-order valence-electron chi connectivity index (χ1n) is 12.8. The number of hydrogen-bond acceptors (Lipinski definition) is 3. The van der Waals surface area contributed by atoms with E-state index in [0.29, 0.717) is 5.56 Å². The fourth-order valence-corrected chi connectivity index (χ4v) is 4.45. The predicted octanol–water partition coefficient (Wildman–Crippen LogP) is 7.79. The van der Waals surface area contributed by atoms with Crippen LogP contribution >= 0.6 is 15.9 Å². The Balaban J connectivity index is 1.54. The zero-order valence-corrected chi connectivity index (χ0v) is 23.9. The van der Waals surface area contributed by atoms with Crippen LogP contribution in [0.25, 0.3) is 11.1 Å². The molecule has 5 nitrogen and oxygen atoms in total. The van der Waals surface area contributed by atoms with Crippen molar-refractivity contribution in [1.29, 1.82) is 0 Å². The van der Waals surface area contributed by atoms with Gasteiger partial charge in [-0.2, -0.15) is 0 Å². The second-order valence-electron chi connectivity index (χ2n) is 10.4. The number of nitrogens with one attached hydrogen (secondary N) is 1. The maximum atomic E-state index is 12.4. The summed E-state index contributed by atoms with van der Waals surface area (Å²) >= 11 is 3.50. The first-order chi connectivity index (χ1) is 18.6. The van der Waals surface area contributed by atoms with Crippen molar-refractivity contribution in [2.75, 3.05) is 6.54 Å². The molecular weight excluding hydrogens is 554 g/mol. The van der Waals surface area contributed by atoms with Gasteiger partial charge in [-0.3, -0.25) is 9.59 Å². The maximum Gasteiger partial charge on any atom is 0.305 e. The number of carbonyl (C=O) groups is 2. The van der Waals surface area contributed by atoms with Gasteiger partial charge in [0.1, 0.15) is 11.9 Å². The Morgan fingerprint density at radius 3 is 1.82 bits per heavy atom. The van der Waals surface area contributed by atoms with Crippen molar-refractivity contribution in [2.45, 2.75) is 38.7 Å². The predicted molar refractivity (Wildman–Crippen MR) is 158 cm³/mol. The number of carboxylic acids is 1. The molecule has 0 radical (unpaired) electrons. The maximum absolute atomic E-state index is 12.4. The van der Waals surface area contributed by atoms with Crippen molar-refractivity contribution in [3.8, 4) is 16.9 Å². The van der Waals surface area contributed by atoms with Crippen LogP contribution in [0.4, 0.5) is 0 Å². The Kier molecular flexibility index (Phi) is 8.87. The molecule has 1 unspecified atom stereocenters. The number of ether oxygens (including phenoxy) is 1. The molecule has 0 saturated carbocycles. The van der Waals surface area contributed by atoms with Gasteiger partial charge >= 0.3 is 5.97 Å². The molecule has 4 rings (SSSR count). The lowest BCUT2D eigenvalue weighted by atomic mass is 9.86. The minimum Gasteiger partial charge on any atom is -0.481 e. The Morgan fingerprint density at radius 2 is 1.31 bits per heavy atom. The molecule has 0 aliphatic rings. The summed E-state index contributed by atoms with van der Waals surface area (Å²) in [6.07, 6.45) is -0.510. The second kappa shape index (κ2) is 12.3. The molecule has 0 heterocycles. The van der Waals surface area contributed by atoms with Gasteiger partial charge in [0.15, 0.2) is 0 Å². The van der Waals surface area contributed by atoms with Crippen LogP contribution in [0.15, 0.2) is 102 Å². The summed E-state index contributed by atoms with van der Waals surface area (Å²) in [7, 11) is 0. The summed E-state index contributed by atoms with van der Waals surface area (Å²) in [6, 6.07) is 31.9. The first-order valence-corrected chi connectivity index (χ1v) is 13.6. The Hall–Kier alpha value is -3.90. The van der Waals surface area contributed by atoms with Crippen LogP contribution < -0.4 is 10.1 Å². The van der Waals surface area contributed by atoms with Gasteiger partial charge < -0.3 is 15.2 Å². The zero-order valence-electron chi connectivity index (χ0n) is 22.3.